The van der Waals surface area contributed by atoms with Gasteiger partial charge in [-0.25, -0.2) is 0 Å². The molecule has 1 aromatic rings. The Morgan fingerprint density at radius 2 is 1.88 bits per heavy atom. The summed E-state index contributed by atoms with van der Waals surface area (Å²) in [5.74, 6) is 0.402. The largest absolute Gasteiger partial charge is 0.342 e. The molecule has 2 saturated heterocycles. The Morgan fingerprint density at radius 3 is 2.58 bits per heavy atom. The highest BCUT2D eigenvalue weighted by Crippen LogP contribution is 2.20. The summed E-state index contributed by atoms with van der Waals surface area (Å²) in [6, 6.07) is 10.3. The fourth-order valence-electron chi connectivity index (χ4n) is 3.73. The first-order valence-corrected chi connectivity index (χ1v) is 9.68. The van der Waals surface area contributed by atoms with Crippen LogP contribution in [0.15, 0.2) is 36.4 Å². The summed E-state index contributed by atoms with van der Waals surface area (Å²) >= 11 is 0. The quantitative estimate of drug-likeness (QED) is 0.812. The van der Waals surface area contributed by atoms with Gasteiger partial charge in [0.05, 0.1) is 5.92 Å². The van der Waals surface area contributed by atoms with Crippen molar-refractivity contribution in [3.05, 3.63) is 42.0 Å². The van der Waals surface area contributed by atoms with E-state index in [4.69, 9.17) is 0 Å². The smallest absolute Gasteiger partial charge is 0.227 e. The number of carbonyl (C=O) groups is 2. The van der Waals surface area contributed by atoms with Gasteiger partial charge in [-0.3, -0.25) is 14.5 Å². The van der Waals surface area contributed by atoms with Crippen molar-refractivity contribution in [1.82, 2.24) is 14.7 Å². The number of amides is 2. The van der Waals surface area contributed by atoms with Gasteiger partial charge in [0.2, 0.25) is 11.8 Å². The van der Waals surface area contributed by atoms with E-state index in [2.05, 4.69) is 29.2 Å². The maximum Gasteiger partial charge on any atom is 0.227 e. The molecule has 0 radical (unpaired) electrons. The maximum atomic E-state index is 12.8. The first kappa shape index (κ1) is 18.6. The highest BCUT2D eigenvalue weighted by molar-refractivity contribution is 5.84. The predicted molar refractivity (Wildman–Crippen MR) is 103 cm³/mol. The molecule has 26 heavy (non-hydrogen) atoms. The molecule has 5 nitrogen and oxygen atoms in total. The van der Waals surface area contributed by atoms with Crippen LogP contribution in [0, 0.1) is 5.92 Å². The van der Waals surface area contributed by atoms with E-state index in [1.54, 1.807) is 0 Å². The molecular weight excluding hydrogens is 326 g/mol. The lowest BCUT2D eigenvalue weighted by Gasteiger charge is -2.38. The molecule has 1 aromatic carbocycles. The summed E-state index contributed by atoms with van der Waals surface area (Å²) in [5, 5.41) is 0. The van der Waals surface area contributed by atoms with Crippen molar-refractivity contribution in [3.63, 3.8) is 0 Å². The van der Waals surface area contributed by atoms with Crippen molar-refractivity contribution < 1.29 is 9.59 Å². The van der Waals surface area contributed by atoms with Crippen molar-refractivity contribution in [2.24, 2.45) is 5.92 Å². The molecule has 140 valence electrons. The monoisotopic (exact) mass is 355 g/mol. The van der Waals surface area contributed by atoms with Crippen LogP contribution in [-0.2, 0) is 9.59 Å². The van der Waals surface area contributed by atoms with Crippen LogP contribution in [0.25, 0.3) is 6.08 Å². The first-order chi connectivity index (χ1) is 12.7. The van der Waals surface area contributed by atoms with E-state index in [1.165, 1.54) is 5.56 Å². The zero-order valence-electron chi connectivity index (χ0n) is 15.6. The van der Waals surface area contributed by atoms with Crippen LogP contribution in [-0.4, -0.2) is 72.3 Å². The van der Waals surface area contributed by atoms with Crippen LogP contribution in [0.2, 0.25) is 0 Å². The summed E-state index contributed by atoms with van der Waals surface area (Å²) in [5.41, 5.74) is 1.22. The average molecular weight is 355 g/mol. The van der Waals surface area contributed by atoms with E-state index in [0.717, 1.165) is 32.7 Å². The molecule has 3 rings (SSSR count). The van der Waals surface area contributed by atoms with Gasteiger partial charge in [-0.1, -0.05) is 42.5 Å². The maximum absolute atomic E-state index is 12.8. The lowest BCUT2D eigenvalue weighted by atomic mass is 9.95. The Hall–Kier alpha value is -2.14. The summed E-state index contributed by atoms with van der Waals surface area (Å²) < 4.78 is 0. The second-order valence-corrected chi connectivity index (χ2v) is 7.11. The average Bonchev–Trinajstić information content (AvgIpc) is 2.69. The van der Waals surface area contributed by atoms with Crippen LogP contribution in [0.5, 0.6) is 0 Å². The van der Waals surface area contributed by atoms with E-state index in [-0.39, 0.29) is 17.7 Å². The standard InChI is InChI=1S/C21H29N3O2/c1-2-23-17-19(10-11-20(23)25)21(26)24-15-13-22(14-16-24)12-6-9-18-7-4-3-5-8-18/h3-9,19H,2,10-17H2,1H3/b9-6+. The highest BCUT2D eigenvalue weighted by Gasteiger charge is 2.33. The number of hydrogen-bond acceptors (Lipinski definition) is 3. The van der Waals surface area contributed by atoms with Gasteiger partial charge in [-0.2, -0.15) is 0 Å². The Balaban J connectivity index is 1.44. The van der Waals surface area contributed by atoms with Gasteiger partial charge in [0.25, 0.3) is 0 Å². The second-order valence-electron chi connectivity index (χ2n) is 7.11. The van der Waals surface area contributed by atoms with Crippen LogP contribution in [0.3, 0.4) is 0 Å². The molecule has 2 aliphatic heterocycles. The van der Waals surface area contributed by atoms with E-state index in [9.17, 15) is 9.59 Å². The van der Waals surface area contributed by atoms with Crippen LogP contribution in [0.4, 0.5) is 0 Å². The van der Waals surface area contributed by atoms with Gasteiger partial charge in [0.15, 0.2) is 0 Å². The van der Waals surface area contributed by atoms with E-state index in [1.807, 2.05) is 34.9 Å². The molecule has 2 aliphatic rings. The molecular formula is C21H29N3O2. The fraction of sp³-hybridized carbons (Fsp3) is 0.524. The Bertz CT molecular complexity index is 636. The molecule has 0 aromatic heterocycles. The zero-order valence-corrected chi connectivity index (χ0v) is 15.6. The molecule has 2 amide bonds. The molecule has 0 saturated carbocycles. The van der Waals surface area contributed by atoms with Crippen molar-refractivity contribution in [1.29, 1.82) is 0 Å². The predicted octanol–water partition coefficient (Wildman–Crippen LogP) is 2.10. The third-order valence-electron chi connectivity index (χ3n) is 5.39. The normalized spacial score (nSPS) is 22.2. The molecule has 0 bridgehead atoms. The van der Waals surface area contributed by atoms with E-state index < -0.39 is 0 Å². The number of benzene rings is 1. The minimum absolute atomic E-state index is 0.0165. The van der Waals surface area contributed by atoms with Crippen molar-refractivity contribution in [2.75, 3.05) is 45.8 Å². The minimum Gasteiger partial charge on any atom is -0.342 e. The number of carbonyl (C=O) groups excluding carboxylic acids is 2. The van der Waals surface area contributed by atoms with Gasteiger partial charge in [0.1, 0.15) is 0 Å². The van der Waals surface area contributed by atoms with Crippen LogP contribution < -0.4 is 0 Å². The SMILES string of the molecule is CCN1CC(C(=O)N2CCN(C/C=C/c3ccccc3)CC2)CCC1=O. The fourth-order valence-corrected chi connectivity index (χ4v) is 3.73. The van der Waals surface area contributed by atoms with Gasteiger partial charge >= 0.3 is 0 Å². The molecule has 2 heterocycles. The third-order valence-corrected chi connectivity index (χ3v) is 5.39. The second kappa shape index (κ2) is 8.99. The molecule has 0 aliphatic carbocycles. The van der Waals surface area contributed by atoms with Gasteiger partial charge in [0, 0.05) is 52.2 Å². The number of likely N-dealkylation sites (tertiary alicyclic amines) is 1. The number of rotatable bonds is 5. The number of hydrogen-bond donors (Lipinski definition) is 0. The lowest BCUT2D eigenvalue weighted by molar-refractivity contribution is -0.144. The van der Waals surface area contributed by atoms with Gasteiger partial charge < -0.3 is 9.80 Å². The number of piperidine rings is 1. The van der Waals surface area contributed by atoms with Crippen LogP contribution >= 0.6 is 0 Å². The van der Waals surface area contributed by atoms with Crippen molar-refractivity contribution >= 4 is 17.9 Å². The Labute approximate surface area is 156 Å². The van der Waals surface area contributed by atoms with Crippen molar-refractivity contribution in [2.45, 2.75) is 19.8 Å². The first-order valence-electron chi connectivity index (χ1n) is 9.68. The summed E-state index contributed by atoms with van der Waals surface area (Å²) in [7, 11) is 0. The summed E-state index contributed by atoms with van der Waals surface area (Å²) in [6.07, 6.45) is 5.55. The zero-order chi connectivity index (χ0) is 18.4. The highest BCUT2D eigenvalue weighted by atomic mass is 16.2. The molecule has 1 atom stereocenters. The van der Waals surface area contributed by atoms with Crippen molar-refractivity contribution in [3.8, 4) is 0 Å². The molecule has 5 heteroatoms. The Morgan fingerprint density at radius 1 is 1.15 bits per heavy atom. The lowest BCUT2D eigenvalue weighted by Crippen LogP contribution is -2.53. The Kier molecular flexibility index (Phi) is 6.45. The molecule has 2 fully saturated rings. The van der Waals surface area contributed by atoms with E-state index >= 15 is 0 Å². The third kappa shape index (κ3) is 4.73. The van der Waals surface area contributed by atoms with Gasteiger partial charge in [-0.15, -0.1) is 0 Å². The summed E-state index contributed by atoms with van der Waals surface area (Å²) in [4.78, 5) is 30.8. The molecule has 0 spiro atoms. The number of nitrogens with zero attached hydrogens (tertiary/aromatic N) is 3. The molecule has 1 unspecified atom stereocenters. The van der Waals surface area contributed by atoms with E-state index in [0.29, 0.717) is 25.9 Å². The van der Waals surface area contributed by atoms with Crippen LogP contribution in [0.1, 0.15) is 25.3 Å². The van der Waals surface area contributed by atoms with Gasteiger partial charge in [-0.05, 0) is 18.9 Å². The topological polar surface area (TPSA) is 43.9 Å². The molecule has 0 N–H and O–H groups in total. The summed E-state index contributed by atoms with van der Waals surface area (Å²) in [6.45, 7) is 7.58. The number of piperazine rings is 1. The minimum atomic E-state index is -0.0165.